The molecular weight excluding hydrogens is 302 g/mol. The summed E-state index contributed by atoms with van der Waals surface area (Å²) in [6.45, 7) is 0.931. The minimum absolute atomic E-state index is 0.109. The lowest BCUT2D eigenvalue weighted by Gasteiger charge is -2.23. The van der Waals surface area contributed by atoms with Crippen LogP contribution in [-0.2, 0) is 9.84 Å². The number of sulfone groups is 1. The molecule has 0 aliphatic carbocycles. The van der Waals surface area contributed by atoms with Gasteiger partial charge in [0.25, 0.3) is 0 Å². The number of nitrogens with one attached hydrogen (secondary N) is 1. The summed E-state index contributed by atoms with van der Waals surface area (Å²) in [5, 5.41) is 3.27. The summed E-state index contributed by atoms with van der Waals surface area (Å²) >= 11 is 3.30. The molecule has 0 radical (unpaired) electrons. The first-order valence-electron chi connectivity index (χ1n) is 5.80. The van der Waals surface area contributed by atoms with Gasteiger partial charge in [-0.3, -0.25) is 0 Å². The van der Waals surface area contributed by atoms with Gasteiger partial charge >= 0.3 is 0 Å². The predicted octanol–water partition coefficient (Wildman–Crippen LogP) is 2.36. The summed E-state index contributed by atoms with van der Waals surface area (Å²) < 4.78 is 25.2. The normalized spacial score (nSPS) is 21.4. The zero-order valence-corrected chi connectivity index (χ0v) is 11.9. The van der Waals surface area contributed by atoms with E-state index in [0.717, 1.165) is 30.3 Å². The average Bonchev–Trinajstić information content (AvgIpc) is 2.30. The lowest BCUT2D eigenvalue weighted by atomic mass is 10.1. The molecule has 1 aromatic carbocycles. The van der Waals surface area contributed by atoms with Gasteiger partial charge < -0.3 is 5.32 Å². The molecule has 94 valence electrons. The third-order valence-corrected chi connectivity index (χ3v) is 5.37. The standard InChI is InChI=1S/C12H16BrNO2S/c13-10-4-6-12(7-5-10)17(15,16)9-11-3-1-2-8-14-11/h4-7,11,14H,1-3,8-9H2. The highest BCUT2D eigenvalue weighted by atomic mass is 79.9. The van der Waals surface area contributed by atoms with Crippen molar-refractivity contribution in [2.75, 3.05) is 12.3 Å². The van der Waals surface area contributed by atoms with Crippen molar-refractivity contribution in [1.82, 2.24) is 5.32 Å². The Hall–Kier alpha value is -0.390. The van der Waals surface area contributed by atoms with Gasteiger partial charge in [-0.15, -0.1) is 0 Å². The van der Waals surface area contributed by atoms with Crippen molar-refractivity contribution >= 4 is 25.8 Å². The second-order valence-electron chi connectivity index (χ2n) is 4.38. The molecule has 0 saturated carbocycles. The van der Waals surface area contributed by atoms with Gasteiger partial charge in [-0.05, 0) is 43.7 Å². The van der Waals surface area contributed by atoms with Crippen LogP contribution in [0.5, 0.6) is 0 Å². The van der Waals surface area contributed by atoms with E-state index in [0.29, 0.717) is 4.90 Å². The molecule has 1 aromatic rings. The van der Waals surface area contributed by atoms with Gasteiger partial charge in [0.15, 0.2) is 9.84 Å². The molecule has 0 spiro atoms. The Morgan fingerprint density at radius 1 is 1.24 bits per heavy atom. The van der Waals surface area contributed by atoms with Gasteiger partial charge in [0.05, 0.1) is 10.6 Å². The first-order chi connectivity index (χ1) is 8.08. The quantitative estimate of drug-likeness (QED) is 0.931. The van der Waals surface area contributed by atoms with Crippen LogP contribution in [0, 0.1) is 0 Å². The Morgan fingerprint density at radius 3 is 2.53 bits per heavy atom. The van der Waals surface area contributed by atoms with Gasteiger partial charge in [0, 0.05) is 10.5 Å². The highest BCUT2D eigenvalue weighted by Gasteiger charge is 2.22. The number of halogens is 1. The van der Waals surface area contributed by atoms with E-state index in [1.54, 1.807) is 24.3 Å². The van der Waals surface area contributed by atoms with Gasteiger partial charge in [-0.25, -0.2) is 8.42 Å². The van der Waals surface area contributed by atoms with E-state index in [-0.39, 0.29) is 11.8 Å². The molecule has 1 aliphatic heterocycles. The smallest absolute Gasteiger partial charge is 0.179 e. The fourth-order valence-electron chi connectivity index (χ4n) is 2.07. The zero-order chi connectivity index (χ0) is 12.3. The Labute approximate surface area is 111 Å². The fraction of sp³-hybridized carbons (Fsp3) is 0.500. The fourth-order valence-corrected chi connectivity index (χ4v) is 3.89. The largest absolute Gasteiger partial charge is 0.313 e. The topological polar surface area (TPSA) is 46.2 Å². The van der Waals surface area contributed by atoms with E-state index in [2.05, 4.69) is 21.2 Å². The molecule has 1 saturated heterocycles. The van der Waals surface area contributed by atoms with Crippen LogP contribution in [0.4, 0.5) is 0 Å². The number of hydrogen-bond acceptors (Lipinski definition) is 3. The monoisotopic (exact) mass is 317 g/mol. The van der Waals surface area contributed by atoms with Crippen molar-refractivity contribution in [1.29, 1.82) is 0 Å². The summed E-state index contributed by atoms with van der Waals surface area (Å²) in [5.41, 5.74) is 0. The van der Waals surface area contributed by atoms with Crippen molar-refractivity contribution in [3.05, 3.63) is 28.7 Å². The van der Waals surface area contributed by atoms with Gasteiger partial charge in [0.1, 0.15) is 0 Å². The summed E-state index contributed by atoms with van der Waals surface area (Å²) in [4.78, 5) is 0.410. The highest BCUT2D eigenvalue weighted by Crippen LogP contribution is 2.18. The van der Waals surface area contributed by atoms with Crippen LogP contribution in [0.15, 0.2) is 33.6 Å². The van der Waals surface area contributed by atoms with Crippen LogP contribution in [0.3, 0.4) is 0 Å². The number of benzene rings is 1. The molecule has 1 heterocycles. The molecule has 1 N–H and O–H groups in total. The average molecular weight is 318 g/mol. The Bertz CT molecular complexity index is 464. The molecular formula is C12H16BrNO2S. The van der Waals surface area contributed by atoms with Crippen LogP contribution in [0.25, 0.3) is 0 Å². The summed E-state index contributed by atoms with van der Waals surface area (Å²) in [5.74, 6) is 0.203. The molecule has 17 heavy (non-hydrogen) atoms. The zero-order valence-electron chi connectivity index (χ0n) is 9.52. The molecule has 1 unspecified atom stereocenters. The summed E-state index contributed by atoms with van der Waals surface area (Å²) in [6.07, 6.45) is 3.22. The van der Waals surface area contributed by atoms with E-state index in [9.17, 15) is 8.42 Å². The third kappa shape index (κ3) is 3.53. The first kappa shape index (κ1) is 13.1. The highest BCUT2D eigenvalue weighted by molar-refractivity contribution is 9.10. The van der Waals surface area contributed by atoms with Crippen molar-refractivity contribution in [2.45, 2.75) is 30.2 Å². The third-order valence-electron chi connectivity index (χ3n) is 3.01. The van der Waals surface area contributed by atoms with Crippen molar-refractivity contribution < 1.29 is 8.42 Å². The van der Waals surface area contributed by atoms with Crippen LogP contribution in [0.2, 0.25) is 0 Å². The minimum Gasteiger partial charge on any atom is -0.313 e. The van der Waals surface area contributed by atoms with Gasteiger partial charge in [0.2, 0.25) is 0 Å². The van der Waals surface area contributed by atoms with Gasteiger partial charge in [-0.1, -0.05) is 22.4 Å². The number of piperidine rings is 1. The summed E-state index contributed by atoms with van der Waals surface area (Å²) in [7, 11) is -3.16. The molecule has 1 aliphatic rings. The van der Waals surface area contributed by atoms with E-state index in [1.165, 1.54) is 0 Å². The predicted molar refractivity (Wildman–Crippen MR) is 71.8 cm³/mol. The second-order valence-corrected chi connectivity index (χ2v) is 7.33. The molecule has 1 atom stereocenters. The maximum absolute atomic E-state index is 12.2. The number of hydrogen-bond donors (Lipinski definition) is 1. The molecule has 0 amide bonds. The maximum Gasteiger partial charge on any atom is 0.179 e. The van der Waals surface area contributed by atoms with E-state index in [1.807, 2.05) is 0 Å². The Kier molecular flexibility index (Phi) is 4.22. The van der Waals surface area contributed by atoms with Crippen LogP contribution < -0.4 is 5.32 Å². The Morgan fingerprint density at radius 2 is 1.94 bits per heavy atom. The Balaban J connectivity index is 2.10. The SMILES string of the molecule is O=S(=O)(CC1CCCCN1)c1ccc(Br)cc1. The van der Waals surface area contributed by atoms with Crippen molar-refractivity contribution in [3.8, 4) is 0 Å². The van der Waals surface area contributed by atoms with Crippen LogP contribution in [0.1, 0.15) is 19.3 Å². The molecule has 2 rings (SSSR count). The van der Waals surface area contributed by atoms with Crippen LogP contribution in [-0.4, -0.2) is 26.8 Å². The maximum atomic E-state index is 12.2. The van der Waals surface area contributed by atoms with E-state index < -0.39 is 9.84 Å². The van der Waals surface area contributed by atoms with Crippen molar-refractivity contribution in [3.63, 3.8) is 0 Å². The molecule has 0 aromatic heterocycles. The van der Waals surface area contributed by atoms with Crippen molar-refractivity contribution in [2.24, 2.45) is 0 Å². The first-order valence-corrected chi connectivity index (χ1v) is 8.24. The summed E-state index contributed by atoms with van der Waals surface area (Å²) in [6, 6.07) is 6.95. The molecule has 3 nitrogen and oxygen atoms in total. The number of rotatable bonds is 3. The van der Waals surface area contributed by atoms with Crippen LogP contribution >= 0.6 is 15.9 Å². The second kappa shape index (κ2) is 5.50. The minimum atomic E-state index is -3.16. The lowest BCUT2D eigenvalue weighted by molar-refractivity contribution is 0.423. The molecule has 1 fully saturated rings. The lowest BCUT2D eigenvalue weighted by Crippen LogP contribution is -2.39. The molecule has 0 bridgehead atoms. The van der Waals surface area contributed by atoms with E-state index in [4.69, 9.17) is 0 Å². The molecule has 5 heteroatoms. The van der Waals surface area contributed by atoms with Gasteiger partial charge in [-0.2, -0.15) is 0 Å². The van der Waals surface area contributed by atoms with E-state index >= 15 is 0 Å².